The van der Waals surface area contributed by atoms with Crippen LogP contribution in [-0.4, -0.2) is 54.9 Å². The van der Waals surface area contributed by atoms with E-state index in [2.05, 4.69) is 5.32 Å². The van der Waals surface area contributed by atoms with E-state index in [9.17, 15) is 49.6 Å². The minimum absolute atomic E-state index is 0.0422. The lowest BCUT2D eigenvalue weighted by Crippen LogP contribution is -2.60. The van der Waals surface area contributed by atoms with Crippen LogP contribution in [0.1, 0.15) is 31.2 Å². The van der Waals surface area contributed by atoms with E-state index in [1.807, 2.05) is 6.07 Å². The van der Waals surface area contributed by atoms with Gasteiger partial charge in [0.15, 0.2) is 9.84 Å². The summed E-state index contributed by atoms with van der Waals surface area (Å²) in [6.07, 6.45) is -5.71. The van der Waals surface area contributed by atoms with Gasteiger partial charge in [0.25, 0.3) is 5.92 Å². The molecule has 190 valence electrons. The molecule has 2 amide bonds. The maximum absolute atomic E-state index is 13.5. The topological polar surface area (TPSA) is 107 Å². The van der Waals surface area contributed by atoms with Crippen LogP contribution in [-0.2, 0) is 25.6 Å². The zero-order valence-corrected chi connectivity index (χ0v) is 18.7. The van der Waals surface area contributed by atoms with Crippen molar-refractivity contribution < 1.29 is 44.3 Å². The number of nitriles is 1. The summed E-state index contributed by atoms with van der Waals surface area (Å²) >= 11 is 0. The van der Waals surface area contributed by atoms with Gasteiger partial charge in [-0.05, 0) is 43.9 Å². The number of alkyl halides is 5. The second-order valence-electron chi connectivity index (χ2n) is 9.22. The van der Waals surface area contributed by atoms with Crippen LogP contribution in [0.4, 0.5) is 26.3 Å². The van der Waals surface area contributed by atoms with Crippen LogP contribution in [0.2, 0.25) is 0 Å². The highest BCUT2D eigenvalue weighted by Gasteiger charge is 2.55. The van der Waals surface area contributed by atoms with Crippen LogP contribution in [0.3, 0.4) is 0 Å². The predicted molar refractivity (Wildman–Crippen MR) is 106 cm³/mol. The number of rotatable bonds is 5. The highest BCUT2D eigenvalue weighted by molar-refractivity contribution is 7.92. The van der Waals surface area contributed by atoms with Gasteiger partial charge in [-0.1, -0.05) is 0 Å². The molecule has 1 saturated heterocycles. The maximum Gasteiger partial charge on any atom is 0.417 e. The number of benzene rings is 1. The third-order valence-corrected chi connectivity index (χ3v) is 8.88. The van der Waals surface area contributed by atoms with E-state index in [-0.39, 0.29) is 6.07 Å². The number of carbonyl (C=O) groups excluding carboxylic acids is 2. The number of nitrogens with zero attached hydrogens (tertiary/aromatic N) is 2. The van der Waals surface area contributed by atoms with Crippen molar-refractivity contribution in [3.05, 3.63) is 29.6 Å². The Labute approximate surface area is 196 Å². The smallest absolute Gasteiger partial charge is 0.338 e. The fourth-order valence-corrected chi connectivity index (χ4v) is 6.60. The molecule has 1 aromatic carbocycles. The van der Waals surface area contributed by atoms with E-state index >= 15 is 0 Å². The largest absolute Gasteiger partial charge is 0.417 e. The third kappa shape index (κ3) is 4.70. The molecule has 2 saturated carbocycles. The van der Waals surface area contributed by atoms with Gasteiger partial charge in [-0.15, -0.1) is 0 Å². The van der Waals surface area contributed by atoms with Crippen molar-refractivity contribution in [3.63, 3.8) is 0 Å². The standard InChI is InChI=1S/C21H19F6N3O4S/c22-11-1-2-16(15(5-11)21(25,26)27)35(33,34)12-6-13(17(31)29-19(8-28)3-4-19)14(7-12)18(32)30-9-20(23,24)10-30/h1-2,5,12-14H,3-4,6-7,9-10H2,(H,29,31)/t12-,13-,14-/m1/s1. The molecule has 1 N–H and O–H groups in total. The van der Waals surface area contributed by atoms with Crippen molar-refractivity contribution in [3.8, 4) is 6.07 Å². The van der Waals surface area contributed by atoms with Crippen molar-refractivity contribution in [2.75, 3.05) is 13.1 Å². The summed E-state index contributed by atoms with van der Waals surface area (Å²) in [7, 11) is -4.82. The van der Waals surface area contributed by atoms with Crippen molar-refractivity contribution in [1.82, 2.24) is 10.2 Å². The van der Waals surface area contributed by atoms with Crippen molar-refractivity contribution in [2.45, 2.75) is 53.5 Å². The minimum atomic E-state index is -5.20. The number of halogens is 6. The zero-order valence-electron chi connectivity index (χ0n) is 17.9. The fourth-order valence-electron chi connectivity index (χ4n) is 4.58. The Hall–Kier alpha value is -2.82. The minimum Gasteiger partial charge on any atom is -0.338 e. The Morgan fingerprint density at radius 1 is 1.11 bits per heavy atom. The molecule has 0 bridgehead atoms. The first-order valence-corrected chi connectivity index (χ1v) is 12.1. The van der Waals surface area contributed by atoms with Crippen LogP contribution < -0.4 is 5.32 Å². The van der Waals surface area contributed by atoms with Crippen molar-refractivity contribution in [1.29, 1.82) is 5.26 Å². The van der Waals surface area contributed by atoms with Gasteiger partial charge in [-0.2, -0.15) is 18.4 Å². The van der Waals surface area contributed by atoms with Gasteiger partial charge in [0.05, 0.1) is 46.7 Å². The summed E-state index contributed by atoms with van der Waals surface area (Å²) in [5, 5.41) is 10.0. The molecule has 7 nitrogen and oxygen atoms in total. The molecule has 0 radical (unpaired) electrons. The Morgan fingerprint density at radius 2 is 1.71 bits per heavy atom. The highest BCUT2D eigenvalue weighted by Crippen LogP contribution is 2.45. The van der Waals surface area contributed by atoms with E-state index in [0.29, 0.717) is 25.0 Å². The summed E-state index contributed by atoms with van der Waals surface area (Å²) in [4.78, 5) is 25.4. The average molecular weight is 523 g/mol. The summed E-state index contributed by atoms with van der Waals surface area (Å²) in [5.74, 6) is -8.95. The van der Waals surface area contributed by atoms with Crippen LogP contribution in [0.25, 0.3) is 0 Å². The fraction of sp³-hybridized carbons (Fsp3) is 0.571. The van der Waals surface area contributed by atoms with Crippen molar-refractivity contribution >= 4 is 21.7 Å². The van der Waals surface area contributed by atoms with Gasteiger partial charge in [0.1, 0.15) is 11.4 Å². The van der Waals surface area contributed by atoms with Crippen LogP contribution in [0.15, 0.2) is 23.1 Å². The molecular formula is C21H19F6N3O4S. The number of sulfone groups is 1. The van der Waals surface area contributed by atoms with E-state index < -0.39 is 98.6 Å². The van der Waals surface area contributed by atoms with Gasteiger partial charge in [-0.25, -0.2) is 21.6 Å². The molecule has 0 unspecified atom stereocenters. The molecule has 1 aliphatic heterocycles. The van der Waals surface area contributed by atoms with Crippen LogP contribution in [0.5, 0.6) is 0 Å². The number of likely N-dealkylation sites (tertiary alicyclic amines) is 1. The zero-order chi connectivity index (χ0) is 26.0. The Bertz CT molecular complexity index is 1210. The molecule has 3 fully saturated rings. The first-order chi connectivity index (χ1) is 16.1. The summed E-state index contributed by atoms with van der Waals surface area (Å²) in [5.41, 5.74) is -2.90. The Balaban J connectivity index is 1.66. The van der Waals surface area contributed by atoms with Gasteiger partial charge < -0.3 is 10.2 Å². The molecule has 3 atom stereocenters. The first-order valence-electron chi connectivity index (χ1n) is 10.6. The number of nitrogens with one attached hydrogen (secondary N) is 1. The lowest BCUT2D eigenvalue weighted by atomic mass is 9.92. The number of hydrogen-bond donors (Lipinski definition) is 1. The monoisotopic (exact) mass is 523 g/mol. The predicted octanol–water partition coefficient (Wildman–Crippen LogP) is 2.66. The molecule has 4 rings (SSSR count). The van der Waals surface area contributed by atoms with E-state index in [4.69, 9.17) is 0 Å². The second kappa shape index (κ2) is 8.11. The number of amides is 2. The molecule has 1 aromatic rings. The van der Waals surface area contributed by atoms with E-state index in [0.717, 1.165) is 4.90 Å². The summed E-state index contributed by atoms with van der Waals surface area (Å²) in [6.45, 7) is -1.85. The SMILES string of the molecule is N#CC1(NC(=O)[C@@H]2C[C@@H](S(=O)(=O)c3ccc(F)cc3C(F)(F)F)C[C@H]2C(=O)N2CC(F)(F)C2)CC1. The molecule has 35 heavy (non-hydrogen) atoms. The van der Waals surface area contributed by atoms with Crippen LogP contribution in [0, 0.1) is 29.0 Å². The number of carbonyl (C=O) groups is 2. The molecule has 3 aliphatic rings. The first kappa shape index (κ1) is 25.3. The van der Waals surface area contributed by atoms with Gasteiger partial charge in [0, 0.05) is 0 Å². The van der Waals surface area contributed by atoms with E-state index in [1.165, 1.54) is 0 Å². The molecular weight excluding hydrogens is 504 g/mol. The number of hydrogen-bond acceptors (Lipinski definition) is 5. The molecule has 2 aliphatic carbocycles. The highest BCUT2D eigenvalue weighted by atomic mass is 32.2. The van der Waals surface area contributed by atoms with Gasteiger partial charge in [-0.3, -0.25) is 9.59 Å². The van der Waals surface area contributed by atoms with Crippen molar-refractivity contribution in [2.24, 2.45) is 11.8 Å². The quantitative estimate of drug-likeness (QED) is 0.472. The normalized spacial score (nSPS) is 27.0. The van der Waals surface area contributed by atoms with Crippen LogP contribution >= 0.6 is 0 Å². The summed E-state index contributed by atoms with van der Waals surface area (Å²) < 4.78 is 107. The third-order valence-electron chi connectivity index (χ3n) is 6.65. The molecule has 1 heterocycles. The molecule has 14 heteroatoms. The maximum atomic E-state index is 13.5. The Morgan fingerprint density at radius 3 is 2.23 bits per heavy atom. The van der Waals surface area contributed by atoms with E-state index in [1.54, 1.807) is 0 Å². The Kier molecular flexibility index (Phi) is 5.86. The summed E-state index contributed by atoms with van der Waals surface area (Å²) in [6, 6.07) is 2.97. The lowest BCUT2D eigenvalue weighted by molar-refractivity contribution is -0.171. The lowest BCUT2D eigenvalue weighted by Gasteiger charge is -2.40. The second-order valence-corrected chi connectivity index (χ2v) is 11.4. The molecule has 0 spiro atoms. The average Bonchev–Trinajstić information content (AvgIpc) is 3.35. The van der Waals surface area contributed by atoms with Gasteiger partial charge in [0.2, 0.25) is 11.8 Å². The van der Waals surface area contributed by atoms with Gasteiger partial charge >= 0.3 is 6.18 Å². The molecule has 0 aromatic heterocycles.